The van der Waals surface area contributed by atoms with Gasteiger partial charge in [0.1, 0.15) is 5.75 Å². The number of halogens is 1. The van der Waals surface area contributed by atoms with E-state index in [4.69, 9.17) is 27.8 Å². The molecule has 0 aliphatic rings. The highest BCUT2D eigenvalue weighted by Gasteiger charge is 2.17. The lowest BCUT2D eigenvalue weighted by atomic mass is 9.94. The number of hydrogen-bond acceptors (Lipinski definition) is 3. The Labute approximate surface area is 114 Å². The van der Waals surface area contributed by atoms with Gasteiger partial charge in [0.2, 0.25) is 0 Å². The van der Waals surface area contributed by atoms with Crippen LogP contribution in [0, 0.1) is 0 Å². The lowest BCUT2D eigenvalue weighted by Gasteiger charge is -2.20. The van der Waals surface area contributed by atoms with Crippen LogP contribution in [-0.2, 0) is 0 Å². The molecule has 0 bridgehead atoms. The summed E-state index contributed by atoms with van der Waals surface area (Å²) in [5.74, 6) is 1.16. The highest BCUT2D eigenvalue weighted by Crippen LogP contribution is 2.37. The molecule has 1 aromatic rings. The number of nitrogens with two attached hydrogens (primary N) is 2. The molecule has 0 saturated heterocycles. The van der Waals surface area contributed by atoms with Gasteiger partial charge in [0.25, 0.3) is 0 Å². The van der Waals surface area contributed by atoms with Crippen molar-refractivity contribution in [3.8, 4) is 5.75 Å². The van der Waals surface area contributed by atoms with E-state index in [1.165, 1.54) is 0 Å². The maximum absolute atomic E-state index is 6.29. The molecule has 0 amide bonds. The van der Waals surface area contributed by atoms with E-state index in [1.54, 1.807) is 0 Å². The van der Waals surface area contributed by atoms with E-state index in [9.17, 15) is 0 Å². The van der Waals surface area contributed by atoms with Gasteiger partial charge in [-0.1, -0.05) is 31.5 Å². The van der Waals surface area contributed by atoms with E-state index in [2.05, 4.69) is 19.9 Å². The van der Waals surface area contributed by atoms with Crippen LogP contribution in [0.3, 0.4) is 0 Å². The normalized spacial score (nSPS) is 14.3. The van der Waals surface area contributed by atoms with Crippen molar-refractivity contribution in [1.29, 1.82) is 0 Å². The van der Waals surface area contributed by atoms with Crippen LogP contribution in [0.15, 0.2) is 12.1 Å². The topological polar surface area (TPSA) is 61.3 Å². The standard InChI is InChI=1S/C14H23ClN2O/c1-4-9(3)11-6-10(13(17)8-16)7-12(15)14(11)18-5-2/h6-7,9,13H,4-5,8,16-17H2,1-3H3. The molecule has 1 aromatic carbocycles. The maximum atomic E-state index is 6.29. The molecular formula is C14H23ClN2O. The predicted molar refractivity (Wildman–Crippen MR) is 77.3 cm³/mol. The Morgan fingerprint density at radius 1 is 1.33 bits per heavy atom. The van der Waals surface area contributed by atoms with Gasteiger partial charge >= 0.3 is 0 Å². The second-order valence-corrected chi connectivity index (χ2v) is 4.91. The third-order valence-electron chi connectivity index (χ3n) is 3.21. The molecule has 1 rings (SSSR count). The Morgan fingerprint density at radius 2 is 2.00 bits per heavy atom. The Morgan fingerprint density at radius 3 is 2.50 bits per heavy atom. The van der Waals surface area contributed by atoms with Crippen molar-refractivity contribution >= 4 is 11.6 Å². The number of ether oxygens (including phenoxy) is 1. The van der Waals surface area contributed by atoms with E-state index in [0.29, 0.717) is 24.1 Å². The van der Waals surface area contributed by atoms with E-state index < -0.39 is 0 Å². The van der Waals surface area contributed by atoms with Crippen LogP contribution in [0.5, 0.6) is 5.75 Å². The summed E-state index contributed by atoms with van der Waals surface area (Å²) in [4.78, 5) is 0. The fourth-order valence-corrected chi connectivity index (χ4v) is 2.16. The fraction of sp³-hybridized carbons (Fsp3) is 0.571. The summed E-state index contributed by atoms with van der Waals surface area (Å²) in [7, 11) is 0. The van der Waals surface area contributed by atoms with Gasteiger partial charge in [0, 0.05) is 12.6 Å². The van der Waals surface area contributed by atoms with Gasteiger partial charge in [-0.25, -0.2) is 0 Å². The van der Waals surface area contributed by atoms with Crippen LogP contribution >= 0.6 is 11.6 Å². The second kappa shape index (κ2) is 6.98. The van der Waals surface area contributed by atoms with Crippen molar-refractivity contribution < 1.29 is 4.74 Å². The van der Waals surface area contributed by atoms with Crippen LogP contribution < -0.4 is 16.2 Å². The molecular weight excluding hydrogens is 248 g/mol. The first-order chi connectivity index (χ1) is 8.54. The van der Waals surface area contributed by atoms with E-state index in [1.807, 2.05) is 13.0 Å². The van der Waals surface area contributed by atoms with Crippen molar-refractivity contribution in [3.05, 3.63) is 28.3 Å². The molecule has 0 heterocycles. The van der Waals surface area contributed by atoms with Gasteiger partial charge in [0.05, 0.1) is 11.6 Å². The average molecular weight is 271 g/mol. The van der Waals surface area contributed by atoms with Crippen molar-refractivity contribution in [2.75, 3.05) is 13.2 Å². The van der Waals surface area contributed by atoms with Crippen LogP contribution in [0.1, 0.15) is 50.3 Å². The van der Waals surface area contributed by atoms with Gasteiger partial charge in [-0.3, -0.25) is 0 Å². The van der Waals surface area contributed by atoms with Crippen molar-refractivity contribution in [3.63, 3.8) is 0 Å². The average Bonchev–Trinajstić information content (AvgIpc) is 2.39. The second-order valence-electron chi connectivity index (χ2n) is 4.51. The monoisotopic (exact) mass is 270 g/mol. The van der Waals surface area contributed by atoms with E-state index >= 15 is 0 Å². The summed E-state index contributed by atoms with van der Waals surface area (Å²) in [5.41, 5.74) is 13.7. The summed E-state index contributed by atoms with van der Waals surface area (Å²) < 4.78 is 5.66. The van der Waals surface area contributed by atoms with E-state index in [-0.39, 0.29) is 6.04 Å². The maximum Gasteiger partial charge on any atom is 0.141 e. The lowest BCUT2D eigenvalue weighted by Crippen LogP contribution is -2.21. The molecule has 0 spiro atoms. The predicted octanol–water partition coefficient (Wildman–Crippen LogP) is 3.21. The third-order valence-corrected chi connectivity index (χ3v) is 3.49. The molecule has 0 aliphatic heterocycles. The first-order valence-corrected chi connectivity index (χ1v) is 6.84. The Balaban J connectivity index is 3.27. The first kappa shape index (κ1) is 15.3. The molecule has 4 N–H and O–H groups in total. The molecule has 0 aliphatic carbocycles. The number of benzene rings is 1. The summed E-state index contributed by atoms with van der Waals surface area (Å²) in [6, 6.07) is 3.75. The zero-order chi connectivity index (χ0) is 13.7. The minimum Gasteiger partial charge on any atom is -0.492 e. The number of rotatable bonds is 6. The third kappa shape index (κ3) is 3.37. The minimum absolute atomic E-state index is 0.180. The number of hydrogen-bond donors (Lipinski definition) is 2. The lowest BCUT2D eigenvalue weighted by molar-refractivity contribution is 0.334. The smallest absolute Gasteiger partial charge is 0.141 e. The molecule has 0 aromatic heterocycles. The molecule has 0 saturated carbocycles. The highest BCUT2D eigenvalue weighted by molar-refractivity contribution is 6.32. The molecule has 2 atom stereocenters. The van der Waals surface area contributed by atoms with Crippen molar-refractivity contribution in [2.24, 2.45) is 11.5 Å². The molecule has 0 fully saturated rings. The fourth-order valence-electron chi connectivity index (χ4n) is 1.87. The molecule has 0 radical (unpaired) electrons. The molecule has 4 heteroatoms. The summed E-state index contributed by atoms with van der Waals surface area (Å²) in [6.45, 7) is 7.27. The van der Waals surface area contributed by atoms with Gasteiger partial charge in [-0.05, 0) is 36.5 Å². The molecule has 3 nitrogen and oxygen atoms in total. The van der Waals surface area contributed by atoms with Gasteiger partial charge in [-0.2, -0.15) is 0 Å². The molecule has 2 unspecified atom stereocenters. The minimum atomic E-state index is -0.180. The summed E-state index contributed by atoms with van der Waals surface area (Å²) in [5, 5.41) is 0.619. The summed E-state index contributed by atoms with van der Waals surface area (Å²) in [6.07, 6.45) is 1.03. The van der Waals surface area contributed by atoms with Crippen LogP contribution in [-0.4, -0.2) is 13.2 Å². The van der Waals surface area contributed by atoms with Crippen LogP contribution in [0.25, 0.3) is 0 Å². The first-order valence-electron chi connectivity index (χ1n) is 6.46. The molecule has 18 heavy (non-hydrogen) atoms. The SMILES string of the molecule is CCOc1c(Cl)cc(C(N)CN)cc1C(C)CC. The van der Waals surface area contributed by atoms with Gasteiger partial charge in [-0.15, -0.1) is 0 Å². The van der Waals surface area contributed by atoms with Gasteiger partial charge < -0.3 is 16.2 Å². The van der Waals surface area contributed by atoms with Crippen molar-refractivity contribution in [1.82, 2.24) is 0 Å². The quantitative estimate of drug-likeness (QED) is 0.834. The van der Waals surface area contributed by atoms with Crippen molar-refractivity contribution in [2.45, 2.75) is 39.2 Å². The Kier molecular flexibility index (Phi) is 5.93. The van der Waals surface area contributed by atoms with Crippen LogP contribution in [0.4, 0.5) is 0 Å². The Hall–Kier alpha value is -0.770. The van der Waals surface area contributed by atoms with Gasteiger partial charge in [0.15, 0.2) is 0 Å². The zero-order valence-corrected chi connectivity index (χ0v) is 12.1. The molecule has 102 valence electrons. The summed E-state index contributed by atoms with van der Waals surface area (Å²) >= 11 is 6.29. The van der Waals surface area contributed by atoms with E-state index in [0.717, 1.165) is 23.3 Å². The Bertz CT molecular complexity index is 396. The zero-order valence-electron chi connectivity index (χ0n) is 11.4. The van der Waals surface area contributed by atoms with Crippen LogP contribution in [0.2, 0.25) is 5.02 Å². The largest absolute Gasteiger partial charge is 0.492 e. The highest BCUT2D eigenvalue weighted by atomic mass is 35.5.